The van der Waals surface area contributed by atoms with Crippen LogP contribution in [0.1, 0.15) is 18.7 Å². The van der Waals surface area contributed by atoms with Gasteiger partial charge in [-0.15, -0.1) is 0 Å². The van der Waals surface area contributed by atoms with Crippen LogP contribution in [0.3, 0.4) is 0 Å². The summed E-state index contributed by atoms with van der Waals surface area (Å²) in [6.45, 7) is 1.91. The van der Waals surface area contributed by atoms with E-state index in [-0.39, 0.29) is 6.61 Å². The van der Waals surface area contributed by atoms with E-state index < -0.39 is 5.60 Å². The Labute approximate surface area is 152 Å². The summed E-state index contributed by atoms with van der Waals surface area (Å²) in [5.41, 5.74) is 1.05. The van der Waals surface area contributed by atoms with Crippen molar-refractivity contribution in [3.05, 3.63) is 36.3 Å². The summed E-state index contributed by atoms with van der Waals surface area (Å²) in [7, 11) is 4.07. The second-order valence-electron chi connectivity index (χ2n) is 7.21. The van der Waals surface area contributed by atoms with Gasteiger partial charge in [0.2, 0.25) is 0 Å². The van der Waals surface area contributed by atoms with Crippen molar-refractivity contribution in [3.63, 3.8) is 0 Å². The smallest absolute Gasteiger partial charge is 0.182 e. The van der Waals surface area contributed by atoms with E-state index in [1.807, 2.05) is 25.4 Å². The topological polar surface area (TPSA) is 79.3 Å². The maximum absolute atomic E-state index is 11.2. The second kappa shape index (κ2) is 6.50. The van der Waals surface area contributed by atoms with Crippen molar-refractivity contribution in [2.75, 3.05) is 26.7 Å². The van der Waals surface area contributed by atoms with Gasteiger partial charge in [0, 0.05) is 42.8 Å². The number of benzene rings is 1. The van der Waals surface area contributed by atoms with Crippen molar-refractivity contribution in [1.29, 1.82) is 0 Å². The predicted molar refractivity (Wildman–Crippen MR) is 99.6 cm³/mol. The summed E-state index contributed by atoms with van der Waals surface area (Å²) in [6.07, 6.45) is 3.25. The second-order valence-corrected chi connectivity index (χ2v) is 7.21. The van der Waals surface area contributed by atoms with E-state index >= 15 is 0 Å². The number of hydrogen-bond donors (Lipinski definition) is 2. The quantitative estimate of drug-likeness (QED) is 0.738. The fourth-order valence-electron chi connectivity index (χ4n) is 3.76. The number of aromatic nitrogens is 4. The number of hydrogen-bond acceptors (Lipinski definition) is 5. The Balaban J connectivity index is 1.81. The molecule has 0 bridgehead atoms. The summed E-state index contributed by atoms with van der Waals surface area (Å²) in [4.78, 5) is 6.94. The zero-order valence-corrected chi connectivity index (χ0v) is 15.3. The van der Waals surface area contributed by atoms with E-state index in [1.54, 1.807) is 4.68 Å². The lowest BCUT2D eigenvalue weighted by Crippen LogP contribution is -2.42. The molecule has 7 heteroatoms. The molecule has 0 amide bonds. The highest BCUT2D eigenvalue weighted by Crippen LogP contribution is 2.34. The van der Waals surface area contributed by atoms with Gasteiger partial charge in [0.05, 0.1) is 13.2 Å². The molecule has 3 heterocycles. The van der Waals surface area contributed by atoms with Gasteiger partial charge < -0.3 is 19.7 Å². The molecule has 0 aliphatic carbocycles. The molecule has 7 nitrogen and oxygen atoms in total. The molecule has 1 saturated heterocycles. The third kappa shape index (κ3) is 2.82. The minimum atomic E-state index is -1.00. The molecular formula is C19H25N5O2. The zero-order chi connectivity index (χ0) is 18.3. The SMILES string of the molecule is CN1CCC(O)(c2nc(-c3cccc4c3ccn4C)nn2CCO)CC1. The van der Waals surface area contributed by atoms with Crippen LogP contribution in [0.2, 0.25) is 0 Å². The number of nitrogens with zero attached hydrogens (tertiary/aromatic N) is 5. The van der Waals surface area contributed by atoms with E-state index in [0.29, 0.717) is 31.0 Å². The fraction of sp³-hybridized carbons (Fsp3) is 0.474. The Morgan fingerprint density at radius 3 is 2.65 bits per heavy atom. The summed E-state index contributed by atoms with van der Waals surface area (Å²) >= 11 is 0. The first-order chi connectivity index (χ1) is 12.5. The van der Waals surface area contributed by atoms with Crippen molar-refractivity contribution in [2.24, 2.45) is 7.05 Å². The molecule has 0 atom stereocenters. The minimum absolute atomic E-state index is 0.0404. The van der Waals surface area contributed by atoms with Crippen LogP contribution < -0.4 is 0 Å². The van der Waals surface area contributed by atoms with Gasteiger partial charge in [-0.25, -0.2) is 9.67 Å². The molecule has 26 heavy (non-hydrogen) atoms. The molecule has 2 N–H and O–H groups in total. The molecule has 2 aromatic heterocycles. The van der Waals surface area contributed by atoms with Crippen molar-refractivity contribution < 1.29 is 10.2 Å². The van der Waals surface area contributed by atoms with Crippen molar-refractivity contribution >= 4 is 10.9 Å². The Kier molecular flexibility index (Phi) is 4.30. The van der Waals surface area contributed by atoms with Crippen LogP contribution in [-0.4, -0.2) is 61.2 Å². The summed E-state index contributed by atoms with van der Waals surface area (Å²) < 4.78 is 3.73. The van der Waals surface area contributed by atoms with Crippen LogP contribution in [0.5, 0.6) is 0 Å². The van der Waals surface area contributed by atoms with Crippen LogP contribution in [-0.2, 0) is 19.2 Å². The first kappa shape index (κ1) is 17.2. The number of aliphatic hydroxyl groups is 2. The van der Waals surface area contributed by atoms with Gasteiger partial charge in [-0.3, -0.25) is 0 Å². The largest absolute Gasteiger partial charge is 0.394 e. The molecule has 1 aromatic carbocycles. The molecule has 1 fully saturated rings. The minimum Gasteiger partial charge on any atom is -0.394 e. The average Bonchev–Trinajstić information content (AvgIpc) is 3.23. The number of fused-ring (bicyclic) bond motifs is 1. The standard InChI is InChI=1S/C19H25N5O2/c1-22-10-7-19(26,8-11-22)18-20-17(21-24(18)12-13-25)15-4-3-5-16-14(15)6-9-23(16)2/h3-6,9,25-26H,7-8,10-13H2,1-2H3. The zero-order valence-electron chi connectivity index (χ0n) is 15.3. The van der Waals surface area contributed by atoms with Crippen LogP contribution in [0, 0.1) is 0 Å². The van der Waals surface area contributed by atoms with E-state index in [4.69, 9.17) is 4.98 Å². The van der Waals surface area contributed by atoms with Crippen molar-refractivity contribution in [3.8, 4) is 11.4 Å². The summed E-state index contributed by atoms with van der Waals surface area (Å²) in [6, 6.07) is 8.12. The third-order valence-corrected chi connectivity index (χ3v) is 5.38. The molecule has 138 valence electrons. The first-order valence-corrected chi connectivity index (χ1v) is 9.03. The Hall–Kier alpha value is -2.22. The van der Waals surface area contributed by atoms with Crippen LogP contribution in [0.4, 0.5) is 0 Å². The van der Waals surface area contributed by atoms with Gasteiger partial charge in [0.1, 0.15) is 5.60 Å². The maximum Gasteiger partial charge on any atom is 0.182 e. The number of aliphatic hydroxyl groups excluding tert-OH is 1. The monoisotopic (exact) mass is 355 g/mol. The number of piperidine rings is 1. The molecular weight excluding hydrogens is 330 g/mol. The van der Waals surface area contributed by atoms with Gasteiger partial charge in [0.15, 0.2) is 11.6 Å². The third-order valence-electron chi connectivity index (χ3n) is 5.38. The molecule has 0 radical (unpaired) electrons. The first-order valence-electron chi connectivity index (χ1n) is 9.03. The van der Waals surface area contributed by atoms with E-state index in [9.17, 15) is 10.2 Å². The average molecular weight is 355 g/mol. The highest BCUT2D eigenvalue weighted by Gasteiger charge is 2.38. The Morgan fingerprint density at radius 2 is 1.92 bits per heavy atom. The molecule has 0 saturated carbocycles. The lowest BCUT2D eigenvalue weighted by molar-refractivity contribution is -0.0315. The molecule has 1 aliphatic heterocycles. The molecule has 0 unspecified atom stereocenters. The molecule has 3 aromatic rings. The summed E-state index contributed by atoms with van der Waals surface area (Å²) in [5, 5.41) is 26.4. The van der Waals surface area contributed by atoms with Crippen LogP contribution >= 0.6 is 0 Å². The van der Waals surface area contributed by atoms with E-state index in [0.717, 1.165) is 29.6 Å². The van der Waals surface area contributed by atoms with Gasteiger partial charge in [-0.05, 0) is 32.0 Å². The van der Waals surface area contributed by atoms with Crippen molar-refractivity contribution in [2.45, 2.75) is 25.0 Å². The van der Waals surface area contributed by atoms with Crippen LogP contribution in [0.25, 0.3) is 22.3 Å². The highest BCUT2D eigenvalue weighted by molar-refractivity contribution is 5.93. The van der Waals surface area contributed by atoms with Gasteiger partial charge >= 0.3 is 0 Å². The van der Waals surface area contributed by atoms with E-state index in [2.05, 4.69) is 33.7 Å². The fourth-order valence-corrected chi connectivity index (χ4v) is 3.76. The predicted octanol–water partition coefficient (Wildman–Crippen LogP) is 1.34. The van der Waals surface area contributed by atoms with Gasteiger partial charge in [0.25, 0.3) is 0 Å². The van der Waals surface area contributed by atoms with Gasteiger partial charge in [-0.1, -0.05) is 12.1 Å². The molecule has 0 spiro atoms. The lowest BCUT2D eigenvalue weighted by atomic mass is 9.90. The van der Waals surface area contributed by atoms with Crippen molar-refractivity contribution in [1.82, 2.24) is 24.2 Å². The number of rotatable bonds is 4. The Morgan fingerprint density at radius 1 is 1.15 bits per heavy atom. The highest BCUT2D eigenvalue weighted by atomic mass is 16.3. The van der Waals surface area contributed by atoms with Gasteiger partial charge in [-0.2, -0.15) is 5.10 Å². The molecule has 4 rings (SSSR count). The van der Waals surface area contributed by atoms with Crippen LogP contribution in [0.15, 0.2) is 30.5 Å². The summed E-state index contributed by atoms with van der Waals surface area (Å²) in [5.74, 6) is 1.15. The van der Waals surface area contributed by atoms with E-state index in [1.165, 1.54) is 0 Å². The number of aryl methyl sites for hydroxylation is 1. The normalized spacial score (nSPS) is 17.8. The number of likely N-dealkylation sites (tertiary alicyclic amines) is 1. The lowest BCUT2D eigenvalue weighted by Gasteiger charge is -2.35. The Bertz CT molecular complexity index is 921. The maximum atomic E-state index is 11.2. The molecule has 1 aliphatic rings.